The van der Waals surface area contributed by atoms with Gasteiger partial charge in [0.15, 0.2) is 0 Å². The third kappa shape index (κ3) is 3.15. The van der Waals surface area contributed by atoms with E-state index in [0.717, 1.165) is 16.0 Å². The van der Waals surface area contributed by atoms with Crippen LogP contribution < -0.4 is 10.5 Å². The second kappa shape index (κ2) is 5.73. The number of aryl methyl sites for hydroxylation is 2. The molecular formula is C13H15ClN2O2S2. The van der Waals surface area contributed by atoms with Gasteiger partial charge in [-0.1, -0.05) is 17.7 Å². The molecule has 1 heterocycles. The highest BCUT2D eigenvalue weighted by molar-refractivity contribution is 7.94. The van der Waals surface area contributed by atoms with Crippen molar-refractivity contribution in [2.75, 3.05) is 4.72 Å². The highest BCUT2D eigenvalue weighted by Gasteiger charge is 2.18. The van der Waals surface area contributed by atoms with E-state index < -0.39 is 10.0 Å². The van der Waals surface area contributed by atoms with Crippen molar-refractivity contribution in [3.63, 3.8) is 0 Å². The summed E-state index contributed by atoms with van der Waals surface area (Å²) in [6.07, 6.45) is 0. The Hall–Kier alpha value is -1.08. The fourth-order valence-corrected chi connectivity index (χ4v) is 4.38. The molecule has 0 atom stereocenters. The monoisotopic (exact) mass is 330 g/mol. The summed E-state index contributed by atoms with van der Waals surface area (Å²) in [6.45, 7) is 4.04. The van der Waals surface area contributed by atoms with Gasteiger partial charge in [0.2, 0.25) is 0 Å². The van der Waals surface area contributed by atoms with Crippen LogP contribution >= 0.6 is 22.9 Å². The molecule has 108 valence electrons. The number of nitrogens with two attached hydrogens (primary N) is 1. The van der Waals surface area contributed by atoms with E-state index in [0.29, 0.717) is 17.3 Å². The van der Waals surface area contributed by atoms with Crippen molar-refractivity contribution >= 4 is 38.6 Å². The van der Waals surface area contributed by atoms with Gasteiger partial charge in [-0.15, -0.1) is 11.3 Å². The standard InChI is InChI=1S/C13H15ClN2O2S2/c1-8-3-4-10(6-11(8)14)16-20(17,18)13-5-9(2)12(7-15)19-13/h3-6,16H,7,15H2,1-2H3. The van der Waals surface area contributed by atoms with E-state index in [4.69, 9.17) is 17.3 Å². The van der Waals surface area contributed by atoms with Crippen LogP contribution in [0.5, 0.6) is 0 Å². The average molecular weight is 331 g/mol. The third-order valence-corrected chi connectivity index (χ3v) is 6.39. The molecule has 0 radical (unpaired) electrons. The molecule has 1 aromatic heterocycles. The zero-order chi connectivity index (χ0) is 14.9. The molecule has 3 N–H and O–H groups in total. The Labute approximate surface area is 127 Å². The molecule has 2 rings (SSSR count). The SMILES string of the molecule is Cc1ccc(NS(=O)(=O)c2cc(C)c(CN)s2)cc1Cl. The molecule has 20 heavy (non-hydrogen) atoms. The van der Waals surface area contributed by atoms with Crippen LogP contribution in [-0.2, 0) is 16.6 Å². The predicted molar refractivity (Wildman–Crippen MR) is 83.9 cm³/mol. The van der Waals surface area contributed by atoms with Gasteiger partial charge in [0, 0.05) is 16.4 Å². The number of hydrogen-bond donors (Lipinski definition) is 2. The van der Waals surface area contributed by atoms with Crippen LogP contribution in [0.1, 0.15) is 16.0 Å². The zero-order valence-electron chi connectivity index (χ0n) is 11.1. The topological polar surface area (TPSA) is 72.2 Å². The Morgan fingerprint density at radius 3 is 2.50 bits per heavy atom. The van der Waals surface area contributed by atoms with Crippen molar-refractivity contribution in [2.45, 2.75) is 24.6 Å². The highest BCUT2D eigenvalue weighted by atomic mass is 35.5. The van der Waals surface area contributed by atoms with Crippen molar-refractivity contribution in [3.8, 4) is 0 Å². The van der Waals surface area contributed by atoms with Gasteiger partial charge in [-0.25, -0.2) is 8.42 Å². The Bertz CT molecular complexity index is 739. The van der Waals surface area contributed by atoms with Crippen molar-refractivity contribution in [1.82, 2.24) is 0 Å². The summed E-state index contributed by atoms with van der Waals surface area (Å²) >= 11 is 7.18. The van der Waals surface area contributed by atoms with Gasteiger partial charge in [-0.05, 0) is 43.2 Å². The number of thiophene rings is 1. The number of halogens is 1. The molecule has 7 heteroatoms. The summed E-state index contributed by atoms with van der Waals surface area (Å²) in [7, 11) is -3.60. The summed E-state index contributed by atoms with van der Waals surface area (Å²) in [6, 6.07) is 6.68. The van der Waals surface area contributed by atoms with Gasteiger partial charge in [0.25, 0.3) is 10.0 Å². The Balaban J connectivity index is 2.32. The molecule has 0 spiro atoms. The van der Waals surface area contributed by atoms with E-state index >= 15 is 0 Å². The van der Waals surface area contributed by atoms with Gasteiger partial charge in [-0.3, -0.25) is 4.72 Å². The van der Waals surface area contributed by atoms with E-state index in [1.165, 1.54) is 11.3 Å². The van der Waals surface area contributed by atoms with E-state index in [2.05, 4.69) is 4.72 Å². The lowest BCUT2D eigenvalue weighted by atomic mass is 10.2. The van der Waals surface area contributed by atoms with Crippen LogP contribution in [0.25, 0.3) is 0 Å². The molecule has 0 saturated heterocycles. The Morgan fingerprint density at radius 2 is 1.95 bits per heavy atom. The maximum Gasteiger partial charge on any atom is 0.271 e. The summed E-state index contributed by atoms with van der Waals surface area (Å²) in [5, 5.41) is 0.523. The first-order chi connectivity index (χ1) is 9.33. The second-order valence-electron chi connectivity index (χ2n) is 4.45. The van der Waals surface area contributed by atoms with E-state index in [-0.39, 0.29) is 4.21 Å². The molecule has 0 amide bonds. The fourth-order valence-electron chi connectivity index (χ4n) is 1.69. The minimum absolute atomic E-state index is 0.257. The van der Waals surface area contributed by atoms with Crippen LogP contribution in [0.2, 0.25) is 5.02 Å². The fraction of sp³-hybridized carbons (Fsp3) is 0.231. The Morgan fingerprint density at radius 1 is 1.25 bits per heavy atom. The molecule has 2 aromatic rings. The minimum atomic E-state index is -3.60. The maximum atomic E-state index is 12.3. The summed E-state index contributed by atoms with van der Waals surface area (Å²) in [5.41, 5.74) is 7.80. The number of hydrogen-bond acceptors (Lipinski definition) is 4. The summed E-state index contributed by atoms with van der Waals surface area (Å²) in [4.78, 5) is 0.868. The van der Waals surface area contributed by atoms with E-state index in [9.17, 15) is 8.42 Å². The first-order valence-electron chi connectivity index (χ1n) is 5.92. The maximum absolute atomic E-state index is 12.3. The zero-order valence-corrected chi connectivity index (χ0v) is 13.5. The largest absolute Gasteiger partial charge is 0.326 e. The molecule has 0 fully saturated rings. The Kier molecular flexibility index (Phi) is 4.39. The quantitative estimate of drug-likeness (QED) is 0.903. The molecule has 0 aliphatic carbocycles. The first-order valence-corrected chi connectivity index (χ1v) is 8.59. The van der Waals surface area contributed by atoms with Gasteiger partial charge in [0.1, 0.15) is 4.21 Å². The molecule has 0 bridgehead atoms. The molecule has 4 nitrogen and oxygen atoms in total. The molecule has 0 unspecified atom stereocenters. The lowest BCUT2D eigenvalue weighted by molar-refractivity contribution is 0.603. The van der Waals surface area contributed by atoms with Gasteiger partial charge in [-0.2, -0.15) is 0 Å². The number of benzene rings is 1. The molecule has 1 aromatic carbocycles. The summed E-state index contributed by atoms with van der Waals surface area (Å²) < 4.78 is 27.4. The third-order valence-electron chi connectivity index (χ3n) is 2.87. The molecular weight excluding hydrogens is 316 g/mol. The van der Waals surface area contributed by atoms with Crippen LogP contribution in [0.15, 0.2) is 28.5 Å². The minimum Gasteiger partial charge on any atom is -0.326 e. The lowest BCUT2D eigenvalue weighted by Gasteiger charge is -2.07. The molecule has 0 aliphatic heterocycles. The smallest absolute Gasteiger partial charge is 0.271 e. The van der Waals surface area contributed by atoms with Crippen LogP contribution in [0.4, 0.5) is 5.69 Å². The average Bonchev–Trinajstić information content (AvgIpc) is 2.76. The summed E-state index contributed by atoms with van der Waals surface area (Å²) in [5.74, 6) is 0. The van der Waals surface area contributed by atoms with Crippen molar-refractivity contribution in [2.24, 2.45) is 5.73 Å². The van der Waals surface area contributed by atoms with Crippen molar-refractivity contribution in [1.29, 1.82) is 0 Å². The number of anilines is 1. The number of sulfonamides is 1. The number of nitrogens with one attached hydrogen (secondary N) is 1. The van der Waals surface area contributed by atoms with Crippen LogP contribution in [0.3, 0.4) is 0 Å². The van der Waals surface area contributed by atoms with Crippen LogP contribution in [0, 0.1) is 13.8 Å². The predicted octanol–water partition coefficient (Wildman–Crippen LogP) is 3.28. The lowest BCUT2D eigenvalue weighted by Crippen LogP contribution is -2.11. The van der Waals surface area contributed by atoms with Gasteiger partial charge >= 0.3 is 0 Å². The number of rotatable bonds is 4. The van der Waals surface area contributed by atoms with Gasteiger partial charge in [0.05, 0.1) is 5.69 Å². The molecule has 0 saturated carbocycles. The molecule has 0 aliphatic rings. The van der Waals surface area contributed by atoms with Crippen LogP contribution in [-0.4, -0.2) is 8.42 Å². The van der Waals surface area contributed by atoms with Gasteiger partial charge < -0.3 is 5.73 Å². The first kappa shape index (κ1) is 15.3. The van der Waals surface area contributed by atoms with Crippen molar-refractivity contribution in [3.05, 3.63) is 45.3 Å². The van der Waals surface area contributed by atoms with E-state index in [1.54, 1.807) is 24.3 Å². The van der Waals surface area contributed by atoms with Crippen molar-refractivity contribution < 1.29 is 8.42 Å². The highest BCUT2D eigenvalue weighted by Crippen LogP contribution is 2.28. The second-order valence-corrected chi connectivity index (χ2v) is 7.90. The normalized spacial score (nSPS) is 11.6. The van der Waals surface area contributed by atoms with E-state index in [1.807, 2.05) is 13.8 Å².